The van der Waals surface area contributed by atoms with E-state index in [1.165, 1.54) is 44.9 Å². The third kappa shape index (κ3) is 14.7. The van der Waals surface area contributed by atoms with Gasteiger partial charge in [-0.05, 0) is 13.0 Å². The second kappa shape index (κ2) is 17.1. The van der Waals surface area contributed by atoms with Crippen LogP contribution >= 0.6 is 12.6 Å². The highest BCUT2D eigenvalue weighted by Crippen LogP contribution is 2.11. The maximum atomic E-state index is 11.8. The van der Waals surface area contributed by atoms with Crippen LogP contribution in [0.25, 0.3) is 0 Å². The van der Waals surface area contributed by atoms with Crippen LogP contribution in [0.5, 0.6) is 0 Å². The van der Waals surface area contributed by atoms with Crippen molar-refractivity contribution in [2.24, 2.45) is 5.73 Å². The summed E-state index contributed by atoms with van der Waals surface area (Å²) < 4.78 is 5.40. The summed E-state index contributed by atoms with van der Waals surface area (Å²) in [5.74, 6) is 0.602. The van der Waals surface area contributed by atoms with Crippen molar-refractivity contribution in [2.45, 2.75) is 83.8 Å². The zero-order valence-corrected chi connectivity index (χ0v) is 15.2. The van der Waals surface area contributed by atoms with Crippen molar-refractivity contribution in [1.29, 1.82) is 0 Å². The number of rotatable bonds is 16. The van der Waals surface area contributed by atoms with Crippen LogP contribution < -0.4 is 11.1 Å². The Labute approximate surface area is 142 Å². The van der Waals surface area contributed by atoms with Crippen LogP contribution in [-0.4, -0.2) is 31.0 Å². The number of thiol groups is 1. The minimum atomic E-state index is -0.261. The van der Waals surface area contributed by atoms with E-state index in [0.717, 1.165) is 25.1 Å². The van der Waals surface area contributed by atoms with E-state index in [9.17, 15) is 4.79 Å². The molecule has 0 saturated heterocycles. The number of esters is 1. The summed E-state index contributed by atoms with van der Waals surface area (Å²) in [5, 5.41) is 3.14. The lowest BCUT2D eigenvalue weighted by Crippen LogP contribution is -2.36. The SMILES string of the molecule is CCCCCCCCCCCC(=O)OC(CCN)NCCS. The highest BCUT2D eigenvalue weighted by atomic mass is 32.1. The van der Waals surface area contributed by atoms with Crippen molar-refractivity contribution in [3.8, 4) is 0 Å². The Morgan fingerprint density at radius 1 is 1.09 bits per heavy atom. The van der Waals surface area contributed by atoms with Crippen molar-refractivity contribution < 1.29 is 9.53 Å². The van der Waals surface area contributed by atoms with Gasteiger partial charge in [0.1, 0.15) is 0 Å². The number of hydrogen-bond donors (Lipinski definition) is 3. The quantitative estimate of drug-likeness (QED) is 0.175. The van der Waals surface area contributed by atoms with Gasteiger partial charge in [0.15, 0.2) is 6.23 Å². The van der Waals surface area contributed by atoms with Gasteiger partial charge in [0, 0.05) is 25.1 Å². The van der Waals surface area contributed by atoms with Crippen molar-refractivity contribution in [3.05, 3.63) is 0 Å². The Morgan fingerprint density at radius 2 is 1.68 bits per heavy atom. The lowest BCUT2D eigenvalue weighted by atomic mass is 10.1. The van der Waals surface area contributed by atoms with Crippen LogP contribution in [0.1, 0.15) is 77.6 Å². The van der Waals surface area contributed by atoms with Gasteiger partial charge in [-0.25, -0.2) is 0 Å². The van der Waals surface area contributed by atoms with Gasteiger partial charge in [-0.3, -0.25) is 10.1 Å². The molecular weight excluding hydrogens is 296 g/mol. The fourth-order valence-electron chi connectivity index (χ4n) is 2.38. The molecule has 0 fully saturated rings. The summed E-state index contributed by atoms with van der Waals surface area (Å²) in [6, 6.07) is 0. The molecule has 1 unspecified atom stereocenters. The Balaban J connectivity index is 3.50. The van der Waals surface area contributed by atoms with Crippen LogP contribution in [0.4, 0.5) is 0 Å². The second-order valence-corrected chi connectivity index (χ2v) is 6.26. The minimum absolute atomic E-state index is 0.118. The van der Waals surface area contributed by atoms with E-state index in [0.29, 0.717) is 19.4 Å². The Hall–Kier alpha value is -0.260. The molecule has 0 rings (SSSR count). The average Bonchev–Trinajstić information content (AvgIpc) is 2.51. The smallest absolute Gasteiger partial charge is 0.307 e. The molecule has 0 spiro atoms. The summed E-state index contributed by atoms with van der Waals surface area (Å²) in [4.78, 5) is 11.8. The predicted octanol–water partition coefficient (Wildman–Crippen LogP) is 3.64. The molecule has 0 aromatic heterocycles. The lowest BCUT2D eigenvalue weighted by Gasteiger charge is -2.18. The van der Waals surface area contributed by atoms with Crippen LogP contribution in [0.2, 0.25) is 0 Å². The Bertz CT molecular complexity index is 253. The maximum Gasteiger partial charge on any atom is 0.307 e. The van der Waals surface area contributed by atoms with Crippen LogP contribution in [-0.2, 0) is 9.53 Å². The standard InChI is InChI=1S/C17H36N2O2S/c1-2-3-4-5-6-7-8-9-10-11-17(20)21-16(12-13-18)19-14-15-22/h16,19,22H,2-15,18H2,1H3. The highest BCUT2D eigenvalue weighted by molar-refractivity contribution is 7.80. The maximum absolute atomic E-state index is 11.8. The fourth-order valence-corrected chi connectivity index (χ4v) is 2.51. The predicted molar refractivity (Wildman–Crippen MR) is 97.3 cm³/mol. The van der Waals surface area contributed by atoms with E-state index < -0.39 is 0 Å². The summed E-state index contributed by atoms with van der Waals surface area (Å²) in [6.07, 6.45) is 12.2. The van der Waals surface area contributed by atoms with E-state index in [2.05, 4.69) is 24.9 Å². The number of unbranched alkanes of at least 4 members (excludes halogenated alkanes) is 8. The third-order valence-corrected chi connectivity index (χ3v) is 3.89. The van der Waals surface area contributed by atoms with Crippen LogP contribution in [0.15, 0.2) is 0 Å². The highest BCUT2D eigenvalue weighted by Gasteiger charge is 2.12. The molecule has 0 aliphatic carbocycles. The van der Waals surface area contributed by atoms with Gasteiger partial charge in [-0.15, -0.1) is 0 Å². The first-order chi connectivity index (χ1) is 10.7. The van der Waals surface area contributed by atoms with E-state index in [1.54, 1.807) is 0 Å². The van der Waals surface area contributed by atoms with E-state index >= 15 is 0 Å². The number of nitrogens with two attached hydrogens (primary N) is 1. The minimum Gasteiger partial charge on any atom is -0.447 e. The van der Waals surface area contributed by atoms with Crippen molar-refractivity contribution in [3.63, 3.8) is 0 Å². The molecule has 5 heteroatoms. The zero-order chi connectivity index (χ0) is 16.5. The van der Waals surface area contributed by atoms with Crippen molar-refractivity contribution in [2.75, 3.05) is 18.8 Å². The third-order valence-electron chi connectivity index (χ3n) is 3.67. The van der Waals surface area contributed by atoms with E-state index in [1.807, 2.05) is 0 Å². The summed E-state index contributed by atoms with van der Waals surface area (Å²) in [5.41, 5.74) is 5.52. The van der Waals surface area contributed by atoms with Gasteiger partial charge >= 0.3 is 5.97 Å². The molecule has 132 valence electrons. The number of carbonyl (C=O) groups excluding carboxylic acids is 1. The molecule has 0 aliphatic rings. The largest absolute Gasteiger partial charge is 0.447 e. The molecule has 1 atom stereocenters. The molecule has 0 saturated carbocycles. The summed E-state index contributed by atoms with van der Waals surface area (Å²) in [7, 11) is 0. The van der Waals surface area contributed by atoms with Gasteiger partial charge in [-0.1, -0.05) is 58.3 Å². The van der Waals surface area contributed by atoms with E-state index in [-0.39, 0.29) is 12.2 Å². The lowest BCUT2D eigenvalue weighted by molar-refractivity contribution is -0.151. The zero-order valence-electron chi connectivity index (χ0n) is 14.3. The number of carbonyl (C=O) groups is 1. The average molecular weight is 333 g/mol. The molecule has 22 heavy (non-hydrogen) atoms. The van der Waals surface area contributed by atoms with Crippen molar-refractivity contribution in [1.82, 2.24) is 5.32 Å². The topological polar surface area (TPSA) is 64.3 Å². The first kappa shape index (κ1) is 21.7. The number of hydrogen-bond acceptors (Lipinski definition) is 5. The Morgan fingerprint density at radius 3 is 2.23 bits per heavy atom. The molecule has 4 nitrogen and oxygen atoms in total. The van der Waals surface area contributed by atoms with Gasteiger partial charge < -0.3 is 10.5 Å². The van der Waals surface area contributed by atoms with Gasteiger partial charge in [-0.2, -0.15) is 12.6 Å². The molecule has 3 N–H and O–H groups in total. The Kier molecular flexibility index (Phi) is 16.9. The molecule has 0 amide bonds. The van der Waals surface area contributed by atoms with Crippen LogP contribution in [0.3, 0.4) is 0 Å². The second-order valence-electron chi connectivity index (χ2n) is 5.81. The first-order valence-electron chi connectivity index (χ1n) is 8.98. The molecule has 0 aromatic rings. The molecule has 0 heterocycles. The van der Waals surface area contributed by atoms with Gasteiger partial charge in [0.05, 0.1) is 0 Å². The van der Waals surface area contributed by atoms with Gasteiger partial charge in [0.2, 0.25) is 0 Å². The van der Waals surface area contributed by atoms with Gasteiger partial charge in [0.25, 0.3) is 0 Å². The molecular formula is C17H36N2O2S. The first-order valence-corrected chi connectivity index (χ1v) is 9.61. The molecule has 0 bridgehead atoms. The molecule has 0 aromatic carbocycles. The summed E-state index contributed by atoms with van der Waals surface area (Å²) >= 11 is 4.14. The van der Waals surface area contributed by atoms with E-state index in [4.69, 9.17) is 10.5 Å². The number of ether oxygens (including phenoxy) is 1. The van der Waals surface area contributed by atoms with Crippen molar-refractivity contribution >= 4 is 18.6 Å². The monoisotopic (exact) mass is 332 g/mol. The normalized spacial score (nSPS) is 12.3. The summed E-state index contributed by atoms with van der Waals surface area (Å²) in [6.45, 7) is 3.47. The fraction of sp³-hybridized carbons (Fsp3) is 0.941. The van der Waals surface area contributed by atoms with Crippen LogP contribution in [0, 0.1) is 0 Å². The molecule has 0 aliphatic heterocycles. The number of nitrogens with one attached hydrogen (secondary N) is 1. The molecule has 0 radical (unpaired) electrons.